The zero-order valence-corrected chi connectivity index (χ0v) is 11.8. The van der Waals surface area contributed by atoms with Gasteiger partial charge in [-0.2, -0.15) is 5.26 Å². The summed E-state index contributed by atoms with van der Waals surface area (Å²) in [5, 5.41) is 28.3. The Balaban J connectivity index is 2.44. The third kappa shape index (κ3) is 2.93. The molecule has 110 valence electrons. The van der Waals surface area contributed by atoms with Crippen LogP contribution in [-0.4, -0.2) is 24.4 Å². The number of nitrogens with one attached hydrogen (secondary N) is 1. The Morgan fingerprint density at radius 3 is 2.38 bits per heavy atom. The molecule has 0 fully saturated rings. The quantitative estimate of drug-likeness (QED) is 0.793. The average molecular weight is 308 g/mol. The minimum atomic E-state index is -3.65. The summed E-state index contributed by atoms with van der Waals surface area (Å²) < 4.78 is 30.1. The molecule has 2 aromatic rings. The van der Waals surface area contributed by atoms with Crippen LogP contribution in [0.15, 0.2) is 28.7 Å². The SMILES string of the molecule is CCS(=O)(=O)Nc1oc(-c2ccc(C#N)cc2)c(O)c1O. The maximum absolute atomic E-state index is 11.5. The lowest BCUT2D eigenvalue weighted by atomic mass is 10.1. The summed E-state index contributed by atoms with van der Waals surface area (Å²) in [6, 6.07) is 7.97. The van der Waals surface area contributed by atoms with E-state index in [0.717, 1.165) is 0 Å². The summed E-state index contributed by atoms with van der Waals surface area (Å²) in [7, 11) is -3.65. The number of nitriles is 1. The van der Waals surface area contributed by atoms with Crippen molar-refractivity contribution in [3.63, 3.8) is 0 Å². The van der Waals surface area contributed by atoms with Crippen molar-refractivity contribution in [2.45, 2.75) is 6.92 Å². The molecule has 0 atom stereocenters. The lowest BCUT2D eigenvalue weighted by Gasteiger charge is -2.01. The Morgan fingerprint density at radius 2 is 1.86 bits per heavy atom. The van der Waals surface area contributed by atoms with Gasteiger partial charge in [-0.1, -0.05) is 0 Å². The molecule has 1 aromatic carbocycles. The van der Waals surface area contributed by atoms with Crippen molar-refractivity contribution in [1.29, 1.82) is 5.26 Å². The van der Waals surface area contributed by atoms with Gasteiger partial charge in [0.15, 0.2) is 5.76 Å². The van der Waals surface area contributed by atoms with Gasteiger partial charge < -0.3 is 14.6 Å². The highest BCUT2D eigenvalue weighted by molar-refractivity contribution is 7.92. The van der Waals surface area contributed by atoms with Crippen LogP contribution in [0.5, 0.6) is 11.5 Å². The Labute approximate surface area is 121 Å². The van der Waals surface area contributed by atoms with Gasteiger partial charge in [0.1, 0.15) is 0 Å². The fourth-order valence-corrected chi connectivity index (χ4v) is 2.15. The molecule has 8 heteroatoms. The van der Waals surface area contributed by atoms with Gasteiger partial charge in [0.05, 0.1) is 17.4 Å². The molecule has 0 aliphatic carbocycles. The van der Waals surface area contributed by atoms with Crippen molar-refractivity contribution >= 4 is 15.9 Å². The van der Waals surface area contributed by atoms with Crippen LogP contribution in [0, 0.1) is 11.3 Å². The van der Waals surface area contributed by atoms with Crippen LogP contribution in [0.3, 0.4) is 0 Å². The molecule has 0 bridgehead atoms. The molecule has 7 nitrogen and oxygen atoms in total. The second-order valence-electron chi connectivity index (χ2n) is 4.15. The molecule has 0 radical (unpaired) electrons. The van der Waals surface area contributed by atoms with Crippen LogP contribution in [0.25, 0.3) is 11.3 Å². The first kappa shape index (κ1) is 14.7. The van der Waals surface area contributed by atoms with E-state index in [0.29, 0.717) is 11.1 Å². The van der Waals surface area contributed by atoms with Gasteiger partial charge in [-0.15, -0.1) is 0 Å². The maximum Gasteiger partial charge on any atom is 0.253 e. The van der Waals surface area contributed by atoms with E-state index < -0.39 is 27.4 Å². The van der Waals surface area contributed by atoms with Crippen LogP contribution in [0.4, 0.5) is 5.88 Å². The topological polar surface area (TPSA) is 124 Å². The fraction of sp³-hybridized carbons (Fsp3) is 0.154. The molecule has 2 rings (SSSR count). The van der Waals surface area contributed by atoms with Gasteiger partial charge in [-0.05, 0) is 31.2 Å². The van der Waals surface area contributed by atoms with E-state index in [4.69, 9.17) is 9.68 Å². The maximum atomic E-state index is 11.5. The van der Waals surface area contributed by atoms with E-state index >= 15 is 0 Å². The lowest BCUT2D eigenvalue weighted by molar-refractivity contribution is 0.410. The zero-order valence-electron chi connectivity index (χ0n) is 11.0. The molecule has 0 saturated heterocycles. The van der Waals surface area contributed by atoms with Gasteiger partial charge in [0.25, 0.3) is 5.88 Å². The van der Waals surface area contributed by atoms with Crippen molar-refractivity contribution in [3.05, 3.63) is 29.8 Å². The normalized spacial score (nSPS) is 11.0. The summed E-state index contributed by atoms with van der Waals surface area (Å²) in [6.45, 7) is 1.42. The Kier molecular flexibility index (Phi) is 3.78. The average Bonchev–Trinajstić information content (AvgIpc) is 2.75. The third-order valence-electron chi connectivity index (χ3n) is 2.76. The number of sulfonamides is 1. The highest BCUT2D eigenvalue weighted by Crippen LogP contribution is 2.45. The van der Waals surface area contributed by atoms with Crippen molar-refractivity contribution in [2.75, 3.05) is 10.5 Å². The highest BCUT2D eigenvalue weighted by Gasteiger charge is 2.23. The van der Waals surface area contributed by atoms with E-state index in [1.54, 1.807) is 0 Å². The number of rotatable bonds is 4. The number of furan rings is 1. The molecule has 0 unspecified atom stereocenters. The zero-order chi connectivity index (χ0) is 15.6. The number of benzene rings is 1. The molecule has 1 aromatic heterocycles. The van der Waals surface area contributed by atoms with Crippen molar-refractivity contribution in [3.8, 4) is 28.9 Å². The molecular formula is C13H12N2O5S. The molecular weight excluding hydrogens is 296 g/mol. The first-order valence-corrected chi connectivity index (χ1v) is 7.59. The number of anilines is 1. The predicted molar refractivity (Wildman–Crippen MR) is 75.3 cm³/mol. The lowest BCUT2D eigenvalue weighted by Crippen LogP contribution is -2.14. The Bertz CT molecular complexity index is 800. The van der Waals surface area contributed by atoms with E-state index in [1.807, 2.05) is 10.8 Å². The van der Waals surface area contributed by atoms with Crippen molar-refractivity contribution in [2.24, 2.45) is 0 Å². The standard InChI is InChI=1S/C13H12N2O5S/c1-2-21(18,19)15-13-11(17)10(16)12(20-13)9-5-3-8(7-14)4-6-9/h3-6,15-17H,2H2,1H3. The summed E-state index contributed by atoms with van der Waals surface area (Å²) in [5.74, 6) is -2.01. The van der Waals surface area contributed by atoms with Gasteiger partial charge in [-0.25, -0.2) is 13.1 Å². The number of aromatic hydroxyl groups is 2. The minimum Gasteiger partial charge on any atom is -0.502 e. The van der Waals surface area contributed by atoms with E-state index in [-0.39, 0.29) is 11.5 Å². The number of nitrogens with zero attached hydrogens (tertiary/aromatic N) is 1. The van der Waals surface area contributed by atoms with Crippen molar-refractivity contribution < 1.29 is 23.0 Å². The molecule has 21 heavy (non-hydrogen) atoms. The van der Waals surface area contributed by atoms with Crippen LogP contribution in [-0.2, 0) is 10.0 Å². The molecule has 1 heterocycles. The molecule has 0 spiro atoms. The van der Waals surface area contributed by atoms with Crippen LogP contribution in [0.2, 0.25) is 0 Å². The summed E-state index contributed by atoms with van der Waals surface area (Å²) >= 11 is 0. The van der Waals surface area contributed by atoms with Gasteiger partial charge >= 0.3 is 0 Å². The molecule has 0 saturated carbocycles. The smallest absolute Gasteiger partial charge is 0.253 e. The second kappa shape index (κ2) is 5.38. The summed E-state index contributed by atoms with van der Waals surface area (Å²) in [5.41, 5.74) is 0.810. The van der Waals surface area contributed by atoms with Crippen molar-refractivity contribution in [1.82, 2.24) is 0 Å². The monoisotopic (exact) mass is 308 g/mol. The summed E-state index contributed by atoms with van der Waals surface area (Å²) in [4.78, 5) is 0. The van der Waals surface area contributed by atoms with Crippen LogP contribution >= 0.6 is 0 Å². The molecule has 0 aliphatic heterocycles. The van der Waals surface area contributed by atoms with Gasteiger partial charge in [-0.3, -0.25) is 0 Å². The fourth-order valence-electron chi connectivity index (χ4n) is 1.59. The highest BCUT2D eigenvalue weighted by atomic mass is 32.2. The predicted octanol–water partition coefficient (Wildman–Crippen LogP) is 1.99. The molecule has 0 aliphatic rings. The van der Waals surface area contributed by atoms with Gasteiger partial charge in [0, 0.05) is 5.56 Å². The minimum absolute atomic E-state index is 0.0919. The molecule has 0 amide bonds. The Morgan fingerprint density at radius 1 is 1.24 bits per heavy atom. The largest absolute Gasteiger partial charge is 0.502 e. The van der Waals surface area contributed by atoms with Crippen LogP contribution < -0.4 is 4.72 Å². The molecule has 3 N–H and O–H groups in total. The number of hydrogen-bond acceptors (Lipinski definition) is 6. The van der Waals surface area contributed by atoms with E-state index in [9.17, 15) is 18.6 Å². The number of hydrogen-bond donors (Lipinski definition) is 3. The first-order valence-electron chi connectivity index (χ1n) is 5.93. The first-order chi connectivity index (χ1) is 9.88. The third-order valence-corrected chi connectivity index (χ3v) is 4.02. The van der Waals surface area contributed by atoms with E-state index in [2.05, 4.69) is 0 Å². The summed E-state index contributed by atoms with van der Waals surface area (Å²) in [6.07, 6.45) is 0. The Hall–Kier alpha value is -2.66. The van der Waals surface area contributed by atoms with Crippen LogP contribution in [0.1, 0.15) is 12.5 Å². The van der Waals surface area contributed by atoms with E-state index in [1.165, 1.54) is 31.2 Å². The van der Waals surface area contributed by atoms with Gasteiger partial charge in [0.2, 0.25) is 21.5 Å². The second-order valence-corrected chi connectivity index (χ2v) is 6.16.